The summed E-state index contributed by atoms with van der Waals surface area (Å²) in [4.78, 5) is 36.9. The molecule has 0 radical (unpaired) electrons. The largest absolute Gasteiger partial charge is 0.346 e. The number of nitrogens with zero attached hydrogens (tertiary/aromatic N) is 4. The molecule has 1 amide bonds. The highest BCUT2D eigenvalue weighted by molar-refractivity contribution is 5.95. The molecule has 0 bridgehead atoms. The summed E-state index contributed by atoms with van der Waals surface area (Å²) in [5, 5.41) is 21.4. The molecule has 2 aromatic heterocycles. The van der Waals surface area contributed by atoms with E-state index in [2.05, 4.69) is 20.3 Å². The van der Waals surface area contributed by atoms with Crippen LogP contribution in [0.25, 0.3) is 10.9 Å². The van der Waals surface area contributed by atoms with Gasteiger partial charge in [-0.25, -0.2) is 14.4 Å². The number of pyridine rings is 1. The van der Waals surface area contributed by atoms with E-state index in [0.29, 0.717) is 40.7 Å². The molecule has 0 saturated heterocycles. The van der Waals surface area contributed by atoms with Crippen LogP contribution in [0.2, 0.25) is 0 Å². The van der Waals surface area contributed by atoms with Crippen molar-refractivity contribution in [3.05, 3.63) is 68.8 Å². The van der Waals surface area contributed by atoms with Gasteiger partial charge in [0, 0.05) is 23.3 Å². The van der Waals surface area contributed by atoms with Crippen LogP contribution in [0.1, 0.15) is 53.9 Å². The lowest BCUT2D eigenvalue weighted by molar-refractivity contribution is -0.124. The molecule has 154 valence electrons. The smallest absolute Gasteiger partial charge is 0.252 e. The first-order valence-corrected chi connectivity index (χ1v) is 9.61. The number of aromatic nitrogens is 3. The zero-order chi connectivity index (χ0) is 22.3. The Morgan fingerprint density at radius 2 is 1.94 bits per heavy atom. The number of nitrogens with one attached hydrogen (secondary N) is 2. The first-order chi connectivity index (χ1) is 14.8. The molecule has 0 spiro atoms. The van der Waals surface area contributed by atoms with Crippen molar-refractivity contribution in [3.8, 4) is 12.1 Å². The average Bonchev–Trinajstić information content (AvgIpc) is 3.56. The maximum Gasteiger partial charge on any atom is 0.252 e. The Bertz CT molecular complexity index is 1360. The van der Waals surface area contributed by atoms with Crippen LogP contribution in [-0.4, -0.2) is 20.9 Å². The minimum atomic E-state index is -1.06. The van der Waals surface area contributed by atoms with Crippen molar-refractivity contribution >= 4 is 16.8 Å². The van der Waals surface area contributed by atoms with Gasteiger partial charge in [0.05, 0.1) is 28.1 Å². The second-order valence-electron chi connectivity index (χ2n) is 7.63. The zero-order valence-corrected chi connectivity index (χ0v) is 16.8. The van der Waals surface area contributed by atoms with E-state index in [-0.39, 0.29) is 17.0 Å². The van der Waals surface area contributed by atoms with Crippen LogP contribution < -0.4 is 10.9 Å². The Labute approximate surface area is 176 Å². The number of halogens is 1. The number of hydrogen-bond donors (Lipinski definition) is 2. The van der Waals surface area contributed by atoms with E-state index >= 15 is 0 Å². The van der Waals surface area contributed by atoms with Crippen LogP contribution in [0.15, 0.2) is 29.3 Å². The molecule has 0 aliphatic heterocycles. The minimum absolute atomic E-state index is 0.164. The van der Waals surface area contributed by atoms with Crippen molar-refractivity contribution < 1.29 is 9.18 Å². The van der Waals surface area contributed by atoms with Crippen LogP contribution >= 0.6 is 0 Å². The quantitative estimate of drug-likeness (QED) is 0.670. The van der Waals surface area contributed by atoms with Gasteiger partial charge in [-0.05, 0) is 44.4 Å². The van der Waals surface area contributed by atoms with Gasteiger partial charge in [0.25, 0.3) is 5.56 Å². The zero-order valence-electron chi connectivity index (χ0n) is 16.8. The summed E-state index contributed by atoms with van der Waals surface area (Å²) < 4.78 is 14.2. The van der Waals surface area contributed by atoms with Crippen LogP contribution in [0.5, 0.6) is 0 Å². The molecule has 3 aromatic rings. The molecule has 1 saturated carbocycles. The van der Waals surface area contributed by atoms with Crippen molar-refractivity contribution in [2.24, 2.45) is 0 Å². The lowest BCUT2D eigenvalue weighted by Crippen LogP contribution is -2.40. The van der Waals surface area contributed by atoms with E-state index in [1.165, 1.54) is 18.5 Å². The third-order valence-electron chi connectivity index (χ3n) is 5.69. The molecule has 1 atom stereocenters. The summed E-state index contributed by atoms with van der Waals surface area (Å²) in [5.74, 6) is -0.714. The molecule has 0 unspecified atom stereocenters. The van der Waals surface area contributed by atoms with E-state index in [1.54, 1.807) is 13.8 Å². The first kappa shape index (κ1) is 20.2. The number of carbonyl (C=O) groups excluding carboxylic acids is 1. The molecule has 2 N–H and O–H groups in total. The summed E-state index contributed by atoms with van der Waals surface area (Å²) in [6.45, 7) is 3.34. The highest BCUT2D eigenvalue weighted by Gasteiger charge is 2.54. The highest BCUT2D eigenvalue weighted by Crippen LogP contribution is 2.49. The van der Waals surface area contributed by atoms with Crippen LogP contribution in [-0.2, 0) is 10.2 Å². The monoisotopic (exact) mass is 416 g/mol. The van der Waals surface area contributed by atoms with Gasteiger partial charge in [-0.1, -0.05) is 0 Å². The Morgan fingerprint density at radius 3 is 2.52 bits per heavy atom. The standard InChI is InChI=1S/C22H17FN6O2/c1-11-17-14(8-25)15(23)3-4-16(17)29-20(30)18(11)22(5-6-22)21(31)28-12(2)19-26-9-13(7-24)10-27-19/h3-4,9-10,12H,5-6H2,1-2H3,(H,28,31)(H,29,30)/t12-/m1/s1. The van der Waals surface area contributed by atoms with Gasteiger partial charge in [-0.3, -0.25) is 9.59 Å². The van der Waals surface area contributed by atoms with Crippen LogP contribution in [0, 0.1) is 35.4 Å². The number of hydrogen-bond acceptors (Lipinski definition) is 6. The summed E-state index contributed by atoms with van der Waals surface area (Å²) in [5.41, 5.74) is -0.346. The molecular formula is C22H17FN6O2. The van der Waals surface area contributed by atoms with Gasteiger partial charge in [-0.15, -0.1) is 0 Å². The molecule has 1 aliphatic carbocycles. The van der Waals surface area contributed by atoms with E-state index in [1.807, 2.05) is 12.1 Å². The predicted molar refractivity (Wildman–Crippen MR) is 108 cm³/mol. The fraction of sp³-hybridized carbons (Fsp3) is 0.273. The number of rotatable bonds is 4. The third kappa shape index (κ3) is 3.21. The lowest BCUT2D eigenvalue weighted by Gasteiger charge is -2.21. The van der Waals surface area contributed by atoms with E-state index in [4.69, 9.17) is 5.26 Å². The minimum Gasteiger partial charge on any atom is -0.346 e. The number of benzene rings is 1. The third-order valence-corrected chi connectivity index (χ3v) is 5.69. The van der Waals surface area contributed by atoms with Gasteiger partial charge >= 0.3 is 0 Å². The Morgan fingerprint density at radius 1 is 1.26 bits per heavy atom. The molecule has 4 rings (SSSR count). The molecule has 1 aromatic carbocycles. The summed E-state index contributed by atoms with van der Waals surface area (Å²) in [6, 6.07) is 5.78. The second-order valence-corrected chi connectivity index (χ2v) is 7.63. The van der Waals surface area contributed by atoms with Gasteiger partial charge in [0.1, 0.15) is 23.8 Å². The molecule has 1 fully saturated rings. The average molecular weight is 416 g/mol. The van der Waals surface area contributed by atoms with Gasteiger partial charge < -0.3 is 10.3 Å². The Kier molecular flexibility index (Phi) is 4.75. The van der Waals surface area contributed by atoms with Crippen molar-refractivity contribution in [2.45, 2.75) is 38.1 Å². The lowest BCUT2D eigenvalue weighted by atomic mass is 9.88. The topological polar surface area (TPSA) is 135 Å². The number of H-pyrrole nitrogens is 1. The van der Waals surface area contributed by atoms with Crippen LogP contribution in [0.3, 0.4) is 0 Å². The van der Waals surface area contributed by atoms with Crippen molar-refractivity contribution in [1.82, 2.24) is 20.3 Å². The fourth-order valence-electron chi connectivity index (χ4n) is 3.97. The fourth-order valence-corrected chi connectivity index (χ4v) is 3.97. The van der Waals surface area contributed by atoms with Crippen LogP contribution in [0.4, 0.5) is 4.39 Å². The molecule has 8 nitrogen and oxygen atoms in total. The van der Waals surface area contributed by atoms with Gasteiger partial charge in [0.2, 0.25) is 5.91 Å². The number of aryl methyl sites for hydroxylation is 1. The van der Waals surface area contributed by atoms with Gasteiger partial charge in [-0.2, -0.15) is 10.5 Å². The normalized spacial score (nSPS) is 15.0. The second kappa shape index (κ2) is 7.29. The SMILES string of the molecule is Cc1c(C2(C(=O)N[C@H](C)c3ncc(C#N)cn3)CC2)c(=O)[nH]c2ccc(F)c(C#N)c12. The number of amides is 1. The molecular weight excluding hydrogens is 399 g/mol. The number of aromatic amines is 1. The molecule has 2 heterocycles. The van der Waals surface area contributed by atoms with Crippen molar-refractivity contribution in [1.29, 1.82) is 10.5 Å². The predicted octanol–water partition coefficient (Wildman–Crippen LogP) is 2.42. The van der Waals surface area contributed by atoms with Gasteiger partial charge in [0.15, 0.2) is 0 Å². The maximum atomic E-state index is 14.2. The maximum absolute atomic E-state index is 14.2. The summed E-state index contributed by atoms with van der Waals surface area (Å²) in [7, 11) is 0. The number of nitriles is 2. The summed E-state index contributed by atoms with van der Waals surface area (Å²) in [6.07, 6.45) is 3.64. The first-order valence-electron chi connectivity index (χ1n) is 9.61. The number of fused-ring (bicyclic) bond motifs is 1. The Balaban J connectivity index is 1.73. The van der Waals surface area contributed by atoms with Crippen molar-refractivity contribution in [2.75, 3.05) is 0 Å². The number of carbonyl (C=O) groups is 1. The van der Waals surface area contributed by atoms with E-state index in [0.717, 1.165) is 6.07 Å². The van der Waals surface area contributed by atoms with E-state index < -0.39 is 22.8 Å². The van der Waals surface area contributed by atoms with Crippen molar-refractivity contribution in [3.63, 3.8) is 0 Å². The van der Waals surface area contributed by atoms with E-state index in [9.17, 15) is 19.2 Å². The molecule has 1 aliphatic rings. The Hall–Kier alpha value is -4.11. The summed E-state index contributed by atoms with van der Waals surface area (Å²) >= 11 is 0. The molecule has 31 heavy (non-hydrogen) atoms. The highest BCUT2D eigenvalue weighted by atomic mass is 19.1. The molecule has 9 heteroatoms.